The molecule has 6 nitrogen and oxygen atoms in total. The van der Waals surface area contributed by atoms with Crippen LogP contribution in [-0.4, -0.2) is 31.1 Å². The van der Waals surface area contributed by atoms with E-state index >= 15 is 0 Å². The summed E-state index contributed by atoms with van der Waals surface area (Å²) >= 11 is 13.1. The number of pyridine rings is 1. The van der Waals surface area contributed by atoms with E-state index in [0.717, 1.165) is 36.2 Å². The van der Waals surface area contributed by atoms with Crippen LogP contribution < -0.4 is 10.5 Å². The molecule has 0 aliphatic carbocycles. The van der Waals surface area contributed by atoms with Crippen LogP contribution in [0.15, 0.2) is 76.6 Å². The second-order valence-corrected chi connectivity index (χ2v) is 11.4. The van der Waals surface area contributed by atoms with Gasteiger partial charge in [0.2, 0.25) is 0 Å². The van der Waals surface area contributed by atoms with E-state index in [4.69, 9.17) is 28.8 Å². The number of thioether (sulfide) groups is 1. The van der Waals surface area contributed by atoms with Crippen molar-refractivity contribution in [3.05, 3.63) is 109 Å². The van der Waals surface area contributed by atoms with Crippen molar-refractivity contribution in [1.82, 2.24) is 14.3 Å². The number of nitrogens with zero attached hydrogens (tertiary/aromatic N) is 4. The van der Waals surface area contributed by atoms with Crippen molar-refractivity contribution >= 4 is 69.0 Å². The van der Waals surface area contributed by atoms with E-state index in [1.165, 1.54) is 22.2 Å². The summed E-state index contributed by atoms with van der Waals surface area (Å²) in [5.41, 5.74) is 4.68. The number of rotatable bonds is 4. The fraction of sp³-hybridized carbons (Fsp3) is 0.172. The van der Waals surface area contributed by atoms with E-state index in [9.17, 15) is 9.59 Å². The molecule has 0 saturated carbocycles. The Bertz CT molecular complexity index is 1710. The third-order valence-corrected chi connectivity index (χ3v) is 8.61. The molecule has 6 rings (SSSR count). The SMILES string of the molecule is Cc1cccn2c(=O)c(C=C3SC(=S)N(Cc4ccccc4Cl)C3=O)c(N3CCCc4ccccc43)nc12. The molecule has 2 aliphatic heterocycles. The molecule has 4 heterocycles. The summed E-state index contributed by atoms with van der Waals surface area (Å²) in [6.07, 6.45) is 5.27. The van der Waals surface area contributed by atoms with Crippen molar-refractivity contribution < 1.29 is 4.79 Å². The van der Waals surface area contributed by atoms with Gasteiger partial charge in [-0.2, -0.15) is 0 Å². The zero-order valence-corrected chi connectivity index (χ0v) is 22.9. The first-order chi connectivity index (χ1) is 18.4. The standard InChI is InChI=1S/C29H23ClN4O2S2/c1-18-8-6-15-33-25(18)31-26(32-14-7-11-19-9-3-5-13-23(19)32)21(27(33)35)16-24-28(36)34(29(37)38-24)17-20-10-2-4-12-22(20)30/h2-6,8-10,12-13,15-16H,7,11,14,17H2,1H3. The average Bonchev–Trinajstić information content (AvgIpc) is 3.19. The number of hydrogen-bond acceptors (Lipinski definition) is 6. The Hall–Kier alpha value is -3.46. The molecule has 2 aliphatic rings. The molecule has 190 valence electrons. The summed E-state index contributed by atoms with van der Waals surface area (Å²) in [6, 6.07) is 19.3. The molecule has 0 spiro atoms. The molecule has 1 saturated heterocycles. The number of hydrogen-bond donors (Lipinski definition) is 0. The van der Waals surface area contributed by atoms with Crippen molar-refractivity contribution in [1.29, 1.82) is 0 Å². The second-order valence-electron chi connectivity index (χ2n) is 9.28. The molecule has 0 bridgehead atoms. The van der Waals surface area contributed by atoms with Crippen LogP contribution in [0.25, 0.3) is 11.7 Å². The van der Waals surface area contributed by atoms with Crippen molar-refractivity contribution in [2.75, 3.05) is 11.4 Å². The second kappa shape index (κ2) is 10.0. The Morgan fingerprint density at radius 2 is 1.87 bits per heavy atom. The molecular formula is C29H23ClN4O2S2. The third kappa shape index (κ3) is 4.32. The van der Waals surface area contributed by atoms with Crippen LogP contribution in [0.5, 0.6) is 0 Å². The van der Waals surface area contributed by atoms with Gasteiger partial charge in [0.15, 0.2) is 0 Å². The zero-order chi connectivity index (χ0) is 26.4. The van der Waals surface area contributed by atoms with Gasteiger partial charge in [-0.15, -0.1) is 0 Å². The lowest BCUT2D eigenvalue weighted by Crippen LogP contribution is -2.30. The molecule has 4 aromatic rings. The van der Waals surface area contributed by atoms with E-state index in [1.807, 2.05) is 49.4 Å². The maximum atomic E-state index is 13.9. The number of halogens is 1. The molecule has 9 heteroatoms. The van der Waals surface area contributed by atoms with E-state index in [0.29, 0.717) is 31.3 Å². The molecule has 0 unspecified atom stereocenters. The van der Waals surface area contributed by atoms with Gasteiger partial charge < -0.3 is 4.90 Å². The molecule has 2 aromatic heterocycles. The number of anilines is 2. The molecule has 0 atom stereocenters. The van der Waals surface area contributed by atoms with Gasteiger partial charge in [0.1, 0.15) is 15.8 Å². The van der Waals surface area contributed by atoms with Crippen molar-refractivity contribution in [3.8, 4) is 0 Å². The van der Waals surface area contributed by atoms with Crippen LogP contribution in [0.1, 0.15) is 28.7 Å². The van der Waals surface area contributed by atoms with Gasteiger partial charge in [-0.05, 0) is 60.7 Å². The first-order valence-electron chi connectivity index (χ1n) is 12.3. The number of aromatic nitrogens is 2. The third-order valence-electron chi connectivity index (χ3n) is 6.87. The Morgan fingerprint density at radius 3 is 2.71 bits per heavy atom. The maximum Gasteiger partial charge on any atom is 0.267 e. The lowest BCUT2D eigenvalue weighted by Gasteiger charge is -2.31. The monoisotopic (exact) mass is 558 g/mol. The van der Waals surface area contributed by atoms with Crippen molar-refractivity contribution in [2.24, 2.45) is 0 Å². The molecule has 1 amide bonds. The van der Waals surface area contributed by atoms with Gasteiger partial charge in [0, 0.05) is 23.5 Å². The predicted molar refractivity (Wildman–Crippen MR) is 158 cm³/mol. The van der Waals surface area contributed by atoms with Crippen LogP contribution in [0.3, 0.4) is 0 Å². The molecule has 38 heavy (non-hydrogen) atoms. The molecule has 0 radical (unpaired) electrons. The van der Waals surface area contributed by atoms with Crippen LogP contribution >= 0.6 is 35.6 Å². The number of fused-ring (bicyclic) bond motifs is 2. The first kappa shape index (κ1) is 24.9. The van der Waals surface area contributed by atoms with Crippen LogP contribution in [-0.2, 0) is 17.8 Å². The Labute approximate surface area is 234 Å². The van der Waals surface area contributed by atoms with Gasteiger partial charge in [-0.3, -0.25) is 18.9 Å². The number of carbonyl (C=O) groups excluding carboxylic acids is 1. The smallest absolute Gasteiger partial charge is 0.267 e. The number of amides is 1. The highest BCUT2D eigenvalue weighted by molar-refractivity contribution is 8.26. The maximum absolute atomic E-state index is 13.9. The van der Waals surface area contributed by atoms with E-state index in [1.54, 1.807) is 22.7 Å². The normalized spacial score (nSPS) is 16.5. The Balaban J connectivity index is 1.49. The average molecular weight is 559 g/mol. The predicted octanol–water partition coefficient (Wildman–Crippen LogP) is 6.14. The highest BCUT2D eigenvalue weighted by Crippen LogP contribution is 2.38. The van der Waals surface area contributed by atoms with E-state index in [2.05, 4.69) is 17.0 Å². The summed E-state index contributed by atoms with van der Waals surface area (Å²) in [7, 11) is 0. The minimum Gasteiger partial charge on any atom is -0.325 e. The molecule has 2 aromatic carbocycles. The number of carbonyl (C=O) groups is 1. The quantitative estimate of drug-likeness (QED) is 0.221. The lowest BCUT2D eigenvalue weighted by atomic mass is 10.0. The van der Waals surface area contributed by atoms with Gasteiger partial charge in [0.25, 0.3) is 11.5 Å². The molecule has 1 fully saturated rings. The summed E-state index contributed by atoms with van der Waals surface area (Å²) in [6.45, 7) is 2.93. The van der Waals surface area contributed by atoms with Gasteiger partial charge in [0.05, 0.1) is 17.0 Å². The van der Waals surface area contributed by atoms with Crippen LogP contribution in [0, 0.1) is 6.92 Å². The lowest BCUT2D eigenvalue weighted by molar-refractivity contribution is -0.122. The van der Waals surface area contributed by atoms with E-state index in [-0.39, 0.29) is 18.0 Å². The van der Waals surface area contributed by atoms with Crippen molar-refractivity contribution in [2.45, 2.75) is 26.3 Å². The summed E-state index contributed by atoms with van der Waals surface area (Å²) in [4.78, 5) is 36.4. The number of thiocarbonyl (C=S) groups is 1. The zero-order valence-electron chi connectivity index (χ0n) is 20.6. The minimum absolute atomic E-state index is 0.229. The first-order valence-corrected chi connectivity index (χ1v) is 13.9. The summed E-state index contributed by atoms with van der Waals surface area (Å²) in [5.74, 6) is 0.298. The molecule has 0 N–H and O–H groups in total. The summed E-state index contributed by atoms with van der Waals surface area (Å²) < 4.78 is 1.97. The topological polar surface area (TPSA) is 57.9 Å². The van der Waals surface area contributed by atoms with Crippen molar-refractivity contribution in [3.63, 3.8) is 0 Å². The number of benzene rings is 2. The van der Waals surface area contributed by atoms with E-state index < -0.39 is 0 Å². The van der Waals surface area contributed by atoms with Gasteiger partial charge in [-0.1, -0.05) is 78.0 Å². The van der Waals surface area contributed by atoms with Crippen LogP contribution in [0.2, 0.25) is 5.02 Å². The largest absolute Gasteiger partial charge is 0.325 e. The fourth-order valence-corrected chi connectivity index (χ4v) is 6.38. The highest BCUT2D eigenvalue weighted by atomic mass is 35.5. The highest BCUT2D eigenvalue weighted by Gasteiger charge is 2.34. The van der Waals surface area contributed by atoms with Crippen LogP contribution in [0.4, 0.5) is 11.5 Å². The number of aryl methyl sites for hydroxylation is 2. The minimum atomic E-state index is -0.251. The fourth-order valence-electron chi connectivity index (χ4n) is 4.95. The summed E-state index contributed by atoms with van der Waals surface area (Å²) in [5, 5.41) is 0.573. The van der Waals surface area contributed by atoms with Gasteiger partial charge >= 0.3 is 0 Å². The Morgan fingerprint density at radius 1 is 1.08 bits per heavy atom. The Kier molecular flexibility index (Phi) is 6.55. The van der Waals surface area contributed by atoms with Gasteiger partial charge in [-0.25, -0.2) is 4.98 Å². The molecular weight excluding hydrogens is 536 g/mol. The number of para-hydroxylation sites is 1.